The van der Waals surface area contributed by atoms with Crippen LogP contribution in [0.15, 0.2) is 66.7 Å². The molecular formula is C29H32FN5O4. The number of anilines is 1. The van der Waals surface area contributed by atoms with Gasteiger partial charge in [0.2, 0.25) is 11.8 Å². The Bertz CT molecular complexity index is 1420. The molecule has 9 nitrogen and oxygen atoms in total. The summed E-state index contributed by atoms with van der Waals surface area (Å²) in [5.74, 6) is -0.0451. The summed E-state index contributed by atoms with van der Waals surface area (Å²) in [6.07, 6.45) is 0.758. The molecule has 0 fully saturated rings. The Hall–Kier alpha value is -4.47. The number of halogens is 1. The summed E-state index contributed by atoms with van der Waals surface area (Å²) in [4.78, 5) is 29.3. The van der Waals surface area contributed by atoms with E-state index in [-0.39, 0.29) is 6.54 Å². The number of para-hydroxylation sites is 1. The number of nitrogens with zero attached hydrogens (tertiary/aromatic N) is 4. The van der Waals surface area contributed by atoms with Crippen molar-refractivity contribution in [2.45, 2.75) is 32.9 Å². The normalized spacial score (nSPS) is 11.8. The van der Waals surface area contributed by atoms with Crippen molar-refractivity contribution in [3.8, 4) is 11.5 Å². The van der Waals surface area contributed by atoms with Crippen molar-refractivity contribution in [3.63, 3.8) is 0 Å². The van der Waals surface area contributed by atoms with Crippen molar-refractivity contribution in [2.75, 3.05) is 25.7 Å². The number of nitrogens with one attached hydrogen (secondary N) is 1. The van der Waals surface area contributed by atoms with E-state index in [1.54, 1.807) is 24.3 Å². The molecule has 1 N–H and O–H groups in total. The number of aromatic nitrogens is 3. The maximum absolute atomic E-state index is 14.1. The molecule has 2 amide bonds. The van der Waals surface area contributed by atoms with Crippen LogP contribution >= 0.6 is 0 Å². The van der Waals surface area contributed by atoms with Gasteiger partial charge in [-0.25, -0.2) is 9.07 Å². The molecule has 4 rings (SSSR count). The zero-order valence-electron chi connectivity index (χ0n) is 22.4. The Kier molecular flexibility index (Phi) is 8.75. The molecule has 0 saturated carbocycles. The molecule has 1 aromatic heterocycles. The lowest BCUT2D eigenvalue weighted by atomic mass is 10.0. The molecule has 1 heterocycles. The summed E-state index contributed by atoms with van der Waals surface area (Å²) in [6.45, 7) is 4.34. The van der Waals surface area contributed by atoms with Gasteiger partial charge in [-0.05, 0) is 42.2 Å². The average molecular weight is 534 g/mol. The van der Waals surface area contributed by atoms with Gasteiger partial charge in [-0.2, -0.15) is 0 Å². The molecule has 10 heteroatoms. The molecule has 0 saturated heterocycles. The van der Waals surface area contributed by atoms with Crippen molar-refractivity contribution in [3.05, 3.63) is 78.1 Å². The van der Waals surface area contributed by atoms with E-state index in [1.807, 2.05) is 18.2 Å². The molecule has 0 aliphatic heterocycles. The Labute approximate surface area is 226 Å². The summed E-state index contributed by atoms with van der Waals surface area (Å²) in [5.41, 5.74) is 2.13. The SMILES string of the molecule is COc1cc(OC)cc(N(C(=O)Cn2nnc3ccccc32)C(C(=O)NCCC(C)C)c2ccc(F)cc2)c1. The predicted molar refractivity (Wildman–Crippen MR) is 146 cm³/mol. The van der Waals surface area contributed by atoms with Gasteiger partial charge in [0.05, 0.1) is 25.4 Å². The molecular weight excluding hydrogens is 501 g/mol. The summed E-state index contributed by atoms with van der Waals surface area (Å²) in [7, 11) is 3.00. The van der Waals surface area contributed by atoms with Crippen molar-refractivity contribution in [1.82, 2.24) is 20.3 Å². The number of carbonyl (C=O) groups is 2. The number of benzene rings is 3. The third kappa shape index (κ3) is 6.51. The van der Waals surface area contributed by atoms with Gasteiger partial charge >= 0.3 is 0 Å². The molecule has 0 aliphatic carbocycles. The second-order valence-electron chi connectivity index (χ2n) is 9.50. The minimum Gasteiger partial charge on any atom is -0.497 e. The first-order valence-electron chi connectivity index (χ1n) is 12.7. The summed E-state index contributed by atoms with van der Waals surface area (Å²) >= 11 is 0. The highest BCUT2D eigenvalue weighted by molar-refractivity contribution is 6.01. The first-order valence-corrected chi connectivity index (χ1v) is 12.7. The van der Waals surface area contributed by atoms with Crippen LogP contribution in [0.1, 0.15) is 31.9 Å². The highest BCUT2D eigenvalue weighted by atomic mass is 19.1. The van der Waals surface area contributed by atoms with Crippen LogP contribution in [0.3, 0.4) is 0 Å². The second kappa shape index (κ2) is 12.4. The number of hydrogen-bond acceptors (Lipinski definition) is 6. The number of hydrogen-bond donors (Lipinski definition) is 1. The Balaban J connectivity index is 1.83. The number of amides is 2. The van der Waals surface area contributed by atoms with E-state index in [0.29, 0.717) is 46.2 Å². The lowest BCUT2D eigenvalue weighted by Crippen LogP contribution is -2.45. The lowest BCUT2D eigenvalue weighted by molar-refractivity contribution is -0.127. The molecule has 0 spiro atoms. The highest BCUT2D eigenvalue weighted by Crippen LogP contribution is 2.34. The molecule has 4 aromatic rings. The van der Waals surface area contributed by atoms with Crippen LogP contribution < -0.4 is 19.7 Å². The molecule has 39 heavy (non-hydrogen) atoms. The van der Waals surface area contributed by atoms with Crippen LogP contribution in [0.2, 0.25) is 0 Å². The molecule has 0 aliphatic rings. The molecule has 3 aromatic carbocycles. The fourth-order valence-corrected chi connectivity index (χ4v) is 4.25. The van der Waals surface area contributed by atoms with Gasteiger partial charge in [-0.15, -0.1) is 5.10 Å². The summed E-state index contributed by atoms with van der Waals surface area (Å²) < 4.78 is 26.3. The number of fused-ring (bicyclic) bond motifs is 1. The Morgan fingerprint density at radius 3 is 2.31 bits per heavy atom. The smallest absolute Gasteiger partial charge is 0.249 e. The standard InChI is InChI=1S/C29H32FN5O4/c1-19(2)13-14-31-29(37)28(20-9-11-21(30)12-10-20)35(22-15-23(38-3)17-24(16-22)39-4)27(36)18-34-26-8-6-5-7-25(26)32-33-34/h5-12,15-17,19,28H,13-14,18H2,1-4H3,(H,31,37). The van der Waals surface area contributed by atoms with Gasteiger partial charge in [-0.3, -0.25) is 14.5 Å². The van der Waals surface area contributed by atoms with Crippen LogP contribution in [0, 0.1) is 11.7 Å². The van der Waals surface area contributed by atoms with E-state index in [9.17, 15) is 14.0 Å². The van der Waals surface area contributed by atoms with Crippen LogP contribution in [-0.4, -0.2) is 47.6 Å². The zero-order valence-corrected chi connectivity index (χ0v) is 22.4. The number of carbonyl (C=O) groups excluding carboxylic acids is 2. The molecule has 0 bridgehead atoms. The van der Waals surface area contributed by atoms with Gasteiger partial charge in [0.25, 0.3) is 0 Å². The Morgan fingerprint density at radius 2 is 1.67 bits per heavy atom. The summed E-state index contributed by atoms with van der Waals surface area (Å²) in [5, 5.41) is 11.3. The quantitative estimate of drug-likeness (QED) is 0.304. The highest BCUT2D eigenvalue weighted by Gasteiger charge is 2.34. The van der Waals surface area contributed by atoms with Crippen molar-refractivity contribution >= 4 is 28.5 Å². The van der Waals surface area contributed by atoms with Crippen LogP contribution in [0.25, 0.3) is 11.0 Å². The number of rotatable bonds is 11. The second-order valence-corrected chi connectivity index (χ2v) is 9.50. The Morgan fingerprint density at radius 1 is 1.00 bits per heavy atom. The molecule has 0 radical (unpaired) electrons. The van der Waals surface area contributed by atoms with Gasteiger partial charge in [-0.1, -0.05) is 43.3 Å². The number of ether oxygens (including phenoxy) is 2. The topological polar surface area (TPSA) is 98.6 Å². The molecule has 204 valence electrons. The third-order valence-corrected chi connectivity index (χ3v) is 6.30. The summed E-state index contributed by atoms with van der Waals surface area (Å²) in [6, 6.07) is 16.7. The fourth-order valence-electron chi connectivity index (χ4n) is 4.25. The van der Waals surface area contributed by atoms with Crippen molar-refractivity contribution < 1.29 is 23.5 Å². The average Bonchev–Trinajstić information content (AvgIpc) is 3.34. The van der Waals surface area contributed by atoms with E-state index >= 15 is 0 Å². The predicted octanol–water partition coefficient (Wildman–Crippen LogP) is 4.52. The van der Waals surface area contributed by atoms with E-state index < -0.39 is 23.7 Å². The number of methoxy groups -OCH3 is 2. The van der Waals surface area contributed by atoms with E-state index in [1.165, 1.54) is 48.1 Å². The van der Waals surface area contributed by atoms with Gasteiger partial charge in [0, 0.05) is 24.7 Å². The van der Waals surface area contributed by atoms with Crippen LogP contribution in [0.5, 0.6) is 11.5 Å². The molecule has 1 atom stereocenters. The maximum atomic E-state index is 14.1. The van der Waals surface area contributed by atoms with Crippen molar-refractivity contribution in [1.29, 1.82) is 0 Å². The van der Waals surface area contributed by atoms with E-state index in [4.69, 9.17) is 9.47 Å². The minimum absolute atomic E-state index is 0.197. The van der Waals surface area contributed by atoms with Crippen LogP contribution in [-0.2, 0) is 16.1 Å². The first-order chi connectivity index (χ1) is 18.8. The zero-order chi connectivity index (χ0) is 27.9. The minimum atomic E-state index is -1.11. The molecule has 1 unspecified atom stereocenters. The van der Waals surface area contributed by atoms with Gasteiger partial charge in [0.15, 0.2) is 0 Å². The largest absolute Gasteiger partial charge is 0.497 e. The van der Waals surface area contributed by atoms with Crippen LogP contribution in [0.4, 0.5) is 10.1 Å². The monoisotopic (exact) mass is 533 g/mol. The van der Waals surface area contributed by atoms with Crippen molar-refractivity contribution in [2.24, 2.45) is 5.92 Å². The van der Waals surface area contributed by atoms with Gasteiger partial charge in [0.1, 0.15) is 35.4 Å². The van der Waals surface area contributed by atoms with E-state index in [2.05, 4.69) is 29.5 Å². The third-order valence-electron chi connectivity index (χ3n) is 6.30. The van der Waals surface area contributed by atoms with Gasteiger partial charge < -0.3 is 14.8 Å². The fraction of sp³-hybridized carbons (Fsp3) is 0.310. The first kappa shape index (κ1) is 27.6. The maximum Gasteiger partial charge on any atom is 0.249 e. The lowest BCUT2D eigenvalue weighted by Gasteiger charge is -2.32. The van der Waals surface area contributed by atoms with E-state index in [0.717, 1.165) is 6.42 Å².